The molecule has 0 saturated heterocycles. The highest BCUT2D eigenvalue weighted by atomic mass is 19.1. The number of hydrogen-bond donors (Lipinski definition) is 3. The molecule has 0 unspecified atom stereocenters. The second-order valence-corrected chi connectivity index (χ2v) is 5.78. The van der Waals surface area contributed by atoms with E-state index in [1.807, 2.05) is 6.08 Å². The lowest BCUT2D eigenvalue weighted by Gasteiger charge is -2.00. The molecule has 4 N–H and O–H groups in total. The third-order valence-electron chi connectivity index (χ3n) is 3.53. The number of carbonyl (C=O) groups excluding carboxylic acids is 1. The van der Waals surface area contributed by atoms with Crippen LogP contribution in [0.5, 0.6) is 0 Å². The van der Waals surface area contributed by atoms with Gasteiger partial charge in [0.25, 0.3) is 0 Å². The Morgan fingerprint density at radius 2 is 1.85 bits per heavy atom. The Kier molecular flexibility index (Phi) is 10.6. The van der Waals surface area contributed by atoms with E-state index in [-0.39, 0.29) is 12.2 Å². The number of benzene rings is 1. The lowest BCUT2D eigenvalue weighted by Crippen LogP contribution is -2.12. The van der Waals surface area contributed by atoms with Crippen molar-refractivity contribution in [1.29, 1.82) is 0 Å². The fraction of sp³-hybridized carbons (Fsp3) is 0.238. The normalized spacial score (nSPS) is 12.3. The minimum atomic E-state index is -0.782. The summed E-state index contributed by atoms with van der Waals surface area (Å²) in [6.07, 6.45) is 14.4. The molecule has 0 aromatic heterocycles. The van der Waals surface area contributed by atoms with Crippen LogP contribution in [0.1, 0.15) is 31.2 Å². The molecule has 0 aliphatic carbocycles. The van der Waals surface area contributed by atoms with Crippen molar-refractivity contribution in [3.8, 4) is 0 Å². The first-order valence-corrected chi connectivity index (χ1v) is 8.68. The molecule has 0 fully saturated rings. The van der Waals surface area contributed by atoms with Crippen molar-refractivity contribution in [2.45, 2.75) is 32.2 Å². The van der Waals surface area contributed by atoms with Crippen molar-refractivity contribution < 1.29 is 19.1 Å². The topological polar surface area (TPSA) is 92.4 Å². The standard InChI is InChI=1S/C21H25FN2O3/c22-19-13-11-17(12-14-19)16-24-15-7-9-18(21(23)27)8-5-3-1-2-4-6-10-20(25)26/h1,3,5,7-9,11-15,24H,2,4,6,10,16H2,(H2,23,27)(H,25,26)/b3-1+,8-5+,15-7+,18-9+. The molecular formula is C21H25FN2O3. The quantitative estimate of drug-likeness (QED) is 0.297. The lowest BCUT2D eigenvalue weighted by atomic mass is 10.1. The number of unbranched alkanes of at least 4 members (excludes halogenated alkanes) is 2. The zero-order chi connectivity index (χ0) is 19.9. The molecule has 0 atom stereocenters. The van der Waals surface area contributed by atoms with Gasteiger partial charge in [0.15, 0.2) is 0 Å². The van der Waals surface area contributed by atoms with Crippen molar-refractivity contribution >= 4 is 11.9 Å². The largest absolute Gasteiger partial charge is 0.481 e. The molecule has 27 heavy (non-hydrogen) atoms. The number of carboxylic acids is 1. The first-order chi connectivity index (χ1) is 13.0. The van der Waals surface area contributed by atoms with Crippen LogP contribution in [0.25, 0.3) is 0 Å². The van der Waals surface area contributed by atoms with Crippen molar-refractivity contribution in [1.82, 2.24) is 5.32 Å². The number of carboxylic acid groups (broad SMARTS) is 1. The average molecular weight is 372 g/mol. The van der Waals surface area contributed by atoms with Gasteiger partial charge in [-0.25, -0.2) is 4.39 Å². The molecule has 0 aliphatic rings. The van der Waals surface area contributed by atoms with E-state index in [1.54, 1.807) is 48.7 Å². The van der Waals surface area contributed by atoms with E-state index in [9.17, 15) is 14.0 Å². The number of amides is 1. The summed E-state index contributed by atoms with van der Waals surface area (Å²) in [6, 6.07) is 6.18. The molecule has 0 spiro atoms. The second kappa shape index (κ2) is 13.1. The molecule has 0 aliphatic heterocycles. The van der Waals surface area contributed by atoms with Crippen LogP contribution in [0.4, 0.5) is 4.39 Å². The number of halogens is 1. The molecule has 1 amide bonds. The average Bonchev–Trinajstić information content (AvgIpc) is 2.62. The van der Waals surface area contributed by atoms with Crippen molar-refractivity contribution in [3.05, 3.63) is 83.9 Å². The SMILES string of the molecule is NC(=O)C(/C=C/C=C/CCCCC(=O)O)=C/C=C/NCc1ccc(F)cc1. The van der Waals surface area contributed by atoms with Gasteiger partial charge >= 0.3 is 5.97 Å². The number of carbonyl (C=O) groups is 2. The number of allylic oxidation sites excluding steroid dienone is 5. The maximum Gasteiger partial charge on any atom is 0.303 e. The summed E-state index contributed by atoms with van der Waals surface area (Å²) in [5.74, 6) is -1.59. The fourth-order valence-corrected chi connectivity index (χ4v) is 2.09. The highest BCUT2D eigenvalue weighted by Gasteiger charge is 1.97. The summed E-state index contributed by atoms with van der Waals surface area (Å²) in [6.45, 7) is 0.539. The maximum atomic E-state index is 12.8. The van der Waals surface area contributed by atoms with Crippen molar-refractivity contribution in [3.63, 3.8) is 0 Å². The Hall–Kier alpha value is -3.15. The van der Waals surface area contributed by atoms with Gasteiger partial charge in [-0.15, -0.1) is 0 Å². The Morgan fingerprint density at radius 3 is 2.52 bits per heavy atom. The highest BCUT2D eigenvalue weighted by molar-refractivity contribution is 5.95. The summed E-state index contributed by atoms with van der Waals surface area (Å²) in [7, 11) is 0. The van der Waals surface area contributed by atoms with Crippen molar-refractivity contribution in [2.24, 2.45) is 5.73 Å². The number of aliphatic carboxylic acids is 1. The number of nitrogens with two attached hydrogens (primary N) is 1. The van der Waals surface area contributed by atoms with Crippen LogP contribution >= 0.6 is 0 Å². The van der Waals surface area contributed by atoms with E-state index in [0.29, 0.717) is 18.5 Å². The molecule has 1 aromatic rings. The number of primary amides is 1. The molecule has 0 bridgehead atoms. The molecule has 5 nitrogen and oxygen atoms in total. The summed E-state index contributed by atoms with van der Waals surface area (Å²) in [5, 5.41) is 11.6. The Bertz CT molecular complexity index is 719. The van der Waals surface area contributed by atoms with Crippen LogP contribution in [0, 0.1) is 5.82 Å². The first-order valence-electron chi connectivity index (χ1n) is 8.68. The summed E-state index contributed by atoms with van der Waals surface area (Å²) in [4.78, 5) is 21.8. The zero-order valence-corrected chi connectivity index (χ0v) is 15.1. The summed E-state index contributed by atoms with van der Waals surface area (Å²) >= 11 is 0. The predicted octanol–water partition coefficient (Wildman–Crippen LogP) is 3.60. The Morgan fingerprint density at radius 1 is 1.11 bits per heavy atom. The number of hydrogen-bond acceptors (Lipinski definition) is 3. The summed E-state index contributed by atoms with van der Waals surface area (Å²) < 4.78 is 12.8. The van der Waals surface area contributed by atoms with E-state index in [0.717, 1.165) is 18.4 Å². The smallest absolute Gasteiger partial charge is 0.303 e. The third-order valence-corrected chi connectivity index (χ3v) is 3.53. The molecule has 1 rings (SSSR count). The van der Waals surface area contributed by atoms with E-state index in [1.165, 1.54) is 12.1 Å². The lowest BCUT2D eigenvalue weighted by molar-refractivity contribution is -0.137. The van der Waals surface area contributed by atoms with Gasteiger partial charge in [0.1, 0.15) is 5.82 Å². The molecule has 1 aromatic carbocycles. The van der Waals surface area contributed by atoms with E-state index in [2.05, 4.69) is 5.32 Å². The predicted molar refractivity (Wildman–Crippen MR) is 104 cm³/mol. The molecular weight excluding hydrogens is 347 g/mol. The van der Waals surface area contributed by atoms with E-state index < -0.39 is 11.9 Å². The molecule has 0 radical (unpaired) electrons. The van der Waals surface area contributed by atoms with Crippen LogP contribution < -0.4 is 11.1 Å². The van der Waals surface area contributed by atoms with Crippen LogP contribution in [-0.2, 0) is 16.1 Å². The zero-order valence-electron chi connectivity index (χ0n) is 15.1. The van der Waals surface area contributed by atoms with Gasteiger partial charge in [-0.2, -0.15) is 0 Å². The molecule has 0 saturated carbocycles. The second-order valence-electron chi connectivity index (χ2n) is 5.78. The maximum absolute atomic E-state index is 12.8. The third kappa shape index (κ3) is 11.1. The van der Waals surface area contributed by atoms with Crippen LogP contribution in [0.2, 0.25) is 0 Å². The van der Waals surface area contributed by atoms with Gasteiger partial charge in [0.05, 0.1) is 0 Å². The molecule has 0 heterocycles. The first kappa shape index (κ1) is 21.9. The monoisotopic (exact) mass is 372 g/mol. The highest BCUT2D eigenvalue weighted by Crippen LogP contribution is 2.03. The number of rotatable bonds is 12. The van der Waals surface area contributed by atoms with Gasteiger partial charge in [0.2, 0.25) is 5.91 Å². The van der Waals surface area contributed by atoms with Crippen molar-refractivity contribution in [2.75, 3.05) is 0 Å². The van der Waals surface area contributed by atoms with Crippen LogP contribution in [0.15, 0.2) is 72.5 Å². The van der Waals surface area contributed by atoms with Crippen LogP contribution in [-0.4, -0.2) is 17.0 Å². The van der Waals surface area contributed by atoms with E-state index >= 15 is 0 Å². The van der Waals surface area contributed by atoms with Gasteiger partial charge < -0.3 is 16.2 Å². The molecule has 144 valence electrons. The van der Waals surface area contributed by atoms with E-state index in [4.69, 9.17) is 10.8 Å². The van der Waals surface area contributed by atoms with Gasteiger partial charge in [-0.3, -0.25) is 9.59 Å². The van der Waals surface area contributed by atoms with Gasteiger partial charge in [-0.1, -0.05) is 30.4 Å². The van der Waals surface area contributed by atoms with Gasteiger partial charge in [-0.05, 0) is 61.4 Å². The fourth-order valence-electron chi connectivity index (χ4n) is 2.09. The molecule has 6 heteroatoms. The summed E-state index contributed by atoms with van der Waals surface area (Å²) in [5.41, 5.74) is 6.63. The minimum absolute atomic E-state index is 0.180. The Labute approximate surface area is 158 Å². The number of nitrogens with one attached hydrogen (secondary N) is 1. The minimum Gasteiger partial charge on any atom is -0.481 e. The van der Waals surface area contributed by atoms with Crippen LogP contribution in [0.3, 0.4) is 0 Å². The Balaban J connectivity index is 2.39. The van der Waals surface area contributed by atoms with Gasteiger partial charge in [0, 0.05) is 18.5 Å².